The summed E-state index contributed by atoms with van der Waals surface area (Å²) < 4.78 is 0. The van der Waals surface area contributed by atoms with Crippen LogP contribution in [0.2, 0.25) is 0 Å². The monoisotopic (exact) mass is 272 g/mol. The fourth-order valence-electron chi connectivity index (χ4n) is 1.90. The van der Waals surface area contributed by atoms with Gasteiger partial charge in [0.15, 0.2) is 5.69 Å². The van der Waals surface area contributed by atoms with E-state index >= 15 is 0 Å². The number of rotatable bonds is 6. The van der Waals surface area contributed by atoms with Crippen molar-refractivity contribution < 1.29 is 0 Å². The summed E-state index contributed by atoms with van der Waals surface area (Å²) in [5, 5.41) is 21.4. The molecule has 0 saturated carbocycles. The zero-order valence-electron chi connectivity index (χ0n) is 10.9. The average Bonchev–Trinajstić information content (AvgIpc) is 2.47. The number of nitrogens with zero attached hydrogens (tertiary/aromatic N) is 3. The molecule has 0 aliphatic rings. The Bertz CT molecular complexity index is 592. The molecule has 5 heteroatoms. The van der Waals surface area contributed by atoms with Crippen LogP contribution in [0, 0.1) is 11.3 Å². The third kappa shape index (κ3) is 3.36. The average molecular weight is 272 g/mol. The molecule has 0 radical (unpaired) electrons. The molecule has 1 aromatic heterocycles. The fourth-order valence-corrected chi connectivity index (χ4v) is 2.39. The van der Waals surface area contributed by atoms with Crippen LogP contribution in [0.4, 0.5) is 5.69 Å². The second-order valence-electron chi connectivity index (χ2n) is 4.18. The number of benzene rings is 1. The van der Waals surface area contributed by atoms with Crippen LogP contribution in [0.3, 0.4) is 0 Å². The number of nitriles is 1. The first-order valence-corrected chi connectivity index (χ1v) is 7.64. The largest absolute Gasteiger partial charge is 0.382 e. The summed E-state index contributed by atoms with van der Waals surface area (Å²) in [6, 6.07) is 9.84. The van der Waals surface area contributed by atoms with Crippen LogP contribution in [0.25, 0.3) is 10.9 Å². The molecule has 0 amide bonds. The molecule has 98 valence electrons. The van der Waals surface area contributed by atoms with Gasteiger partial charge >= 0.3 is 0 Å². The predicted octanol–water partition coefficient (Wildman–Crippen LogP) is 3.06. The van der Waals surface area contributed by atoms with E-state index in [2.05, 4.69) is 27.8 Å². The first-order chi connectivity index (χ1) is 9.36. The van der Waals surface area contributed by atoms with Crippen molar-refractivity contribution in [1.29, 1.82) is 5.26 Å². The van der Waals surface area contributed by atoms with Gasteiger partial charge in [-0.15, -0.1) is 10.2 Å². The van der Waals surface area contributed by atoms with Gasteiger partial charge in [-0.05, 0) is 30.9 Å². The first-order valence-electron chi connectivity index (χ1n) is 6.25. The van der Waals surface area contributed by atoms with Gasteiger partial charge in [-0.3, -0.25) is 0 Å². The molecule has 2 aromatic rings. The number of unbranched alkanes of at least 4 members (excludes halogenated alkanes) is 1. The maximum absolute atomic E-state index is 9.12. The zero-order valence-corrected chi connectivity index (χ0v) is 11.7. The molecule has 0 spiro atoms. The van der Waals surface area contributed by atoms with E-state index in [-0.39, 0.29) is 0 Å². The summed E-state index contributed by atoms with van der Waals surface area (Å²) in [4.78, 5) is 0. The van der Waals surface area contributed by atoms with Gasteiger partial charge in [0.25, 0.3) is 0 Å². The van der Waals surface area contributed by atoms with Gasteiger partial charge < -0.3 is 5.32 Å². The minimum atomic E-state index is 0.364. The fraction of sp³-hybridized carbons (Fsp3) is 0.357. The van der Waals surface area contributed by atoms with E-state index in [0.29, 0.717) is 5.69 Å². The third-order valence-corrected chi connectivity index (χ3v) is 3.55. The Labute approximate surface area is 117 Å². The van der Waals surface area contributed by atoms with Crippen molar-refractivity contribution in [3.05, 3.63) is 30.0 Å². The number of anilines is 1. The normalized spacial score (nSPS) is 10.3. The minimum absolute atomic E-state index is 0.364. The molecule has 0 aliphatic heterocycles. The molecule has 1 aromatic carbocycles. The molecule has 4 nitrogen and oxygen atoms in total. The van der Waals surface area contributed by atoms with Crippen molar-refractivity contribution in [1.82, 2.24) is 10.2 Å². The molecule has 19 heavy (non-hydrogen) atoms. The first kappa shape index (κ1) is 13.6. The quantitative estimate of drug-likeness (QED) is 0.819. The van der Waals surface area contributed by atoms with E-state index < -0.39 is 0 Å². The number of aromatic nitrogens is 2. The summed E-state index contributed by atoms with van der Waals surface area (Å²) in [7, 11) is 0. The van der Waals surface area contributed by atoms with E-state index in [4.69, 9.17) is 5.26 Å². The molecule has 0 fully saturated rings. The van der Waals surface area contributed by atoms with E-state index in [1.807, 2.05) is 36.0 Å². The topological polar surface area (TPSA) is 61.6 Å². The molecular formula is C14H16N4S. The molecule has 1 N–H and O–H groups in total. The van der Waals surface area contributed by atoms with Crippen LogP contribution < -0.4 is 5.32 Å². The Morgan fingerprint density at radius 3 is 2.89 bits per heavy atom. The molecule has 0 aliphatic carbocycles. The van der Waals surface area contributed by atoms with Crippen LogP contribution in [0.5, 0.6) is 0 Å². The van der Waals surface area contributed by atoms with Crippen molar-refractivity contribution in [3.8, 4) is 6.07 Å². The van der Waals surface area contributed by atoms with Gasteiger partial charge in [0.05, 0.1) is 11.2 Å². The standard InChI is InChI=1S/C14H16N4S/c1-19-9-5-4-8-16-14-11-6-2-3-7-12(11)17-18-13(14)10-15/h2-3,6-7H,4-5,8-9H2,1H3,(H,16,17). The van der Waals surface area contributed by atoms with E-state index in [0.717, 1.165) is 29.6 Å². The van der Waals surface area contributed by atoms with Crippen molar-refractivity contribution in [2.24, 2.45) is 0 Å². The highest BCUT2D eigenvalue weighted by Gasteiger charge is 2.09. The molecule has 2 rings (SSSR count). The highest BCUT2D eigenvalue weighted by Crippen LogP contribution is 2.23. The lowest BCUT2D eigenvalue weighted by Gasteiger charge is -2.09. The lowest BCUT2D eigenvalue weighted by atomic mass is 10.1. The van der Waals surface area contributed by atoms with Crippen LogP contribution in [0.1, 0.15) is 18.5 Å². The Hall–Kier alpha value is -1.80. The molecule has 0 saturated heterocycles. The van der Waals surface area contributed by atoms with Crippen LogP contribution in [0.15, 0.2) is 24.3 Å². The summed E-state index contributed by atoms with van der Waals surface area (Å²) in [5.41, 5.74) is 1.98. The summed E-state index contributed by atoms with van der Waals surface area (Å²) in [6.45, 7) is 0.852. The van der Waals surface area contributed by atoms with Gasteiger partial charge in [-0.25, -0.2) is 0 Å². The van der Waals surface area contributed by atoms with Gasteiger partial charge in [-0.1, -0.05) is 18.2 Å². The lowest BCUT2D eigenvalue weighted by molar-refractivity contribution is 0.842. The Morgan fingerprint density at radius 2 is 2.11 bits per heavy atom. The van der Waals surface area contributed by atoms with E-state index in [9.17, 15) is 0 Å². The van der Waals surface area contributed by atoms with Crippen LogP contribution in [-0.4, -0.2) is 28.8 Å². The van der Waals surface area contributed by atoms with Crippen molar-refractivity contribution in [2.45, 2.75) is 12.8 Å². The highest BCUT2D eigenvalue weighted by molar-refractivity contribution is 7.98. The number of thioether (sulfide) groups is 1. The van der Waals surface area contributed by atoms with Gasteiger partial charge in [-0.2, -0.15) is 17.0 Å². The smallest absolute Gasteiger partial charge is 0.186 e. The van der Waals surface area contributed by atoms with E-state index in [1.165, 1.54) is 12.2 Å². The Balaban J connectivity index is 2.17. The number of nitrogens with one attached hydrogen (secondary N) is 1. The Morgan fingerprint density at radius 1 is 1.26 bits per heavy atom. The molecule has 0 atom stereocenters. The van der Waals surface area contributed by atoms with Gasteiger partial charge in [0.1, 0.15) is 6.07 Å². The second kappa shape index (κ2) is 6.95. The Kier molecular flexibility index (Phi) is 4.99. The molecule has 0 bridgehead atoms. The van der Waals surface area contributed by atoms with Crippen molar-refractivity contribution in [2.75, 3.05) is 23.9 Å². The summed E-state index contributed by atoms with van der Waals surface area (Å²) >= 11 is 1.86. The maximum Gasteiger partial charge on any atom is 0.186 e. The van der Waals surface area contributed by atoms with Crippen molar-refractivity contribution in [3.63, 3.8) is 0 Å². The number of hydrogen-bond donors (Lipinski definition) is 1. The molecule has 1 heterocycles. The van der Waals surface area contributed by atoms with E-state index in [1.54, 1.807) is 0 Å². The summed E-state index contributed by atoms with van der Waals surface area (Å²) in [5.74, 6) is 1.17. The second-order valence-corrected chi connectivity index (χ2v) is 5.16. The van der Waals surface area contributed by atoms with Crippen LogP contribution in [-0.2, 0) is 0 Å². The summed E-state index contributed by atoms with van der Waals surface area (Å²) in [6.07, 6.45) is 4.37. The SMILES string of the molecule is CSCCCCNc1c(C#N)nnc2ccccc12. The van der Waals surface area contributed by atoms with Crippen molar-refractivity contribution >= 4 is 28.4 Å². The highest BCUT2D eigenvalue weighted by atomic mass is 32.2. The number of hydrogen-bond acceptors (Lipinski definition) is 5. The zero-order chi connectivity index (χ0) is 13.5. The van der Waals surface area contributed by atoms with Gasteiger partial charge in [0, 0.05) is 11.9 Å². The third-order valence-electron chi connectivity index (χ3n) is 2.85. The maximum atomic E-state index is 9.12. The molecule has 0 unspecified atom stereocenters. The van der Waals surface area contributed by atoms with Crippen LogP contribution >= 0.6 is 11.8 Å². The molecular weight excluding hydrogens is 256 g/mol. The lowest BCUT2D eigenvalue weighted by Crippen LogP contribution is -2.06. The van der Waals surface area contributed by atoms with Gasteiger partial charge in [0.2, 0.25) is 0 Å². The minimum Gasteiger partial charge on any atom is -0.382 e. The number of fused-ring (bicyclic) bond motifs is 1. The predicted molar refractivity (Wildman–Crippen MR) is 80.4 cm³/mol.